The first kappa shape index (κ1) is 14.1. The first-order chi connectivity index (χ1) is 9.83. The van der Waals surface area contributed by atoms with Crippen LogP contribution in [0, 0.1) is 11.8 Å². The number of aldehydes is 1. The maximum Gasteiger partial charge on any atom is 0.151 e. The van der Waals surface area contributed by atoms with Crippen molar-refractivity contribution in [3.05, 3.63) is 70.8 Å². The number of benzene rings is 2. The topological polar surface area (TPSA) is 17.1 Å². The molecule has 0 aliphatic heterocycles. The third-order valence-electron chi connectivity index (χ3n) is 3.20. The smallest absolute Gasteiger partial charge is 0.151 e. The Kier molecular flexibility index (Phi) is 5.15. The number of carbonyl (C=O) groups excluding carboxylic acids is 1. The van der Waals surface area contributed by atoms with Gasteiger partial charge < -0.3 is 0 Å². The van der Waals surface area contributed by atoms with Crippen molar-refractivity contribution >= 4 is 6.29 Å². The Balaban J connectivity index is 2.14. The molecule has 0 heterocycles. The quantitative estimate of drug-likeness (QED) is 0.595. The standard InChI is InChI=1S/C19H18O/c1-2-3-6-16-9-11-17(12-10-16)13-14-18-7-4-5-8-19(18)15-20/h4-5,7-12,15H,2-3,6H2,1H3. The largest absolute Gasteiger partial charge is 0.298 e. The summed E-state index contributed by atoms with van der Waals surface area (Å²) in [6.07, 6.45) is 4.40. The molecule has 2 rings (SSSR count). The lowest BCUT2D eigenvalue weighted by Gasteiger charge is -1.99. The second-order valence-corrected chi connectivity index (χ2v) is 4.76. The van der Waals surface area contributed by atoms with E-state index in [4.69, 9.17) is 0 Å². The molecule has 0 fully saturated rings. The van der Waals surface area contributed by atoms with Gasteiger partial charge in [0.15, 0.2) is 6.29 Å². The summed E-state index contributed by atoms with van der Waals surface area (Å²) in [6, 6.07) is 15.7. The van der Waals surface area contributed by atoms with E-state index in [2.05, 4.69) is 30.9 Å². The molecule has 20 heavy (non-hydrogen) atoms. The molecule has 1 heteroatoms. The maximum absolute atomic E-state index is 10.9. The lowest BCUT2D eigenvalue weighted by molar-refractivity contribution is 0.112. The number of aryl methyl sites for hydroxylation is 1. The Bertz CT molecular complexity index is 627. The van der Waals surface area contributed by atoms with Crippen LogP contribution in [-0.4, -0.2) is 6.29 Å². The first-order valence-corrected chi connectivity index (χ1v) is 6.98. The molecular weight excluding hydrogens is 244 g/mol. The summed E-state index contributed by atoms with van der Waals surface area (Å²) in [5, 5.41) is 0. The summed E-state index contributed by atoms with van der Waals surface area (Å²) in [4.78, 5) is 10.9. The van der Waals surface area contributed by atoms with Crippen molar-refractivity contribution in [2.75, 3.05) is 0 Å². The van der Waals surface area contributed by atoms with E-state index in [-0.39, 0.29) is 0 Å². The highest BCUT2D eigenvalue weighted by atomic mass is 16.1. The maximum atomic E-state index is 10.9. The van der Waals surface area contributed by atoms with Gasteiger partial charge in [-0.05, 0) is 36.6 Å². The van der Waals surface area contributed by atoms with Gasteiger partial charge in [0.2, 0.25) is 0 Å². The van der Waals surface area contributed by atoms with Gasteiger partial charge in [-0.25, -0.2) is 0 Å². The first-order valence-electron chi connectivity index (χ1n) is 6.98. The predicted octanol–water partition coefficient (Wildman–Crippen LogP) is 4.24. The van der Waals surface area contributed by atoms with Gasteiger partial charge in [0.05, 0.1) is 0 Å². The number of rotatable bonds is 4. The van der Waals surface area contributed by atoms with E-state index in [0.29, 0.717) is 5.56 Å². The Hall–Kier alpha value is -2.33. The summed E-state index contributed by atoms with van der Waals surface area (Å²) in [6.45, 7) is 2.20. The van der Waals surface area contributed by atoms with Crippen LogP contribution in [0.3, 0.4) is 0 Å². The van der Waals surface area contributed by atoms with E-state index in [9.17, 15) is 4.79 Å². The molecule has 0 aliphatic rings. The average Bonchev–Trinajstić information content (AvgIpc) is 2.52. The van der Waals surface area contributed by atoms with Crippen LogP contribution in [0.4, 0.5) is 0 Å². The SMILES string of the molecule is CCCCc1ccc(C#Cc2ccccc2C=O)cc1. The van der Waals surface area contributed by atoms with Gasteiger partial charge in [-0.1, -0.05) is 55.5 Å². The highest BCUT2D eigenvalue weighted by Gasteiger charge is 1.96. The van der Waals surface area contributed by atoms with Crippen molar-refractivity contribution in [3.63, 3.8) is 0 Å². The van der Waals surface area contributed by atoms with Gasteiger partial charge in [0.1, 0.15) is 0 Å². The summed E-state index contributed by atoms with van der Waals surface area (Å²) in [7, 11) is 0. The molecule has 0 atom stereocenters. The average molecular weight is 262 g/mol. The van der Waals surface area contributed by atoms with Crippen LogP contribution in [-0.2, 0) is 6.42 Å². The molecule has 0 aromatic heterocycles. The van der Waals surface area contributed by atoms with Gasteiger partial charge in [0.25, 0.3) is 0 Å². The van der Waals surface area contributed by atoms with E-state index >= 15 is 0 Å². The van der Waals surface area contributed by atoms with Crippen LogP contribution in [0.5, 0.6) is 0 Å². The molecule has 0 unspecified atom stereocenters. The molecule has 0 aliphatic carbocycles. The molecule has 0 radical (unpaired) electrons. The van der Waals surface area contributed by atoms with Crippen LogP contribution in [0.2, 0.25) is 0 Å². The number of hydrogen-bond acceptors (Lipinski definition) is 1. The van der Waals surface area contributed by atoms with Gasteiger partial charge in [-0.2, -0.15) is 0 Å². The van der Waals surface area contributed by atoms with E-state index < -0.39 is 0 Å². The fraction of sp³-hybridized carbons (Fsp3) is 0.211. The molecule has 0 saturated carbocycles. The molecule has 0 spiro atoms. The third-order valence-corrected chi connectivity index (χ3v) is 3.20. The normalized spacial score (nSPS) is 9.65. The van der Waals surface area contributed by atoms with Crippen molar-refractivity contribution < 1.29 is 4.79 Å². The summed E-state index contributed by atoms with van der Waals surface area (Å²) in [5.74, 6) is 6.17. The van der Waals surface area contributed by atoms with Crippen LogP contribution >= 0.6 is 0 Å². The van der Waals surface area contributed by atoms with Crippen LogP contribution in [0.15, 0.2) is 48.5 Å². The van der Waals surface area contributed by atoms with E-state index in [1.165, 1.54) is 18.4 Å². The zero-order chi connectivity index (χ0) is 14.2. The van der Waals surface area contributed by atoms with Crippen molar-refractivity contribution in [1.29, 1.82) is 0 Å². The lowest BCUT2D eigenvalue weighted by Crippen LogP contribution is -1.86. The monoisotopic (exact) mass is 262 g/mol. The Morgan fingerprint density at radius 2 is 1.75 bits per heavy atom. The number of carbonyl (C=O) groups is 1. The predicted molar refractivity (Wildman–Crippen MR) is 82.9 cm³/mol. The van der Waals surface area contributed by atoms with Crippen LogP contribution in [0.1, 0.15) is 46.8 Å². The minimum Gasteiger partial charge on any atom is -0.298 e. The molecule has 0 saturated heterocycles. The summed E-state index contributed by atoms with van der Waals surface area (Å²) < 4.78 is 0. The molecule has 0 bridgehead atoms. The fourth-order valence-corrected chi connectivity index (χ4v) is 1.99. The van der Waals surface area contributed by atoms with Crippen LogP contribution in [0.25, 0.3) is 0 Å². The fourth-order valence-electron chi connectivity index (χ4n) is 1.99. The van der Waals surface area contributed by atoms with Crippen molar-refractivity contribution in [1.82, 2.24) is 0 Å². The number of unbranched alkanes of at least 4 members (excludes halogenated alkanes) is 1. The molecule has 0 N–H and O–H groups in total. The minimum absolute atomic E-state index is 0.638. The highest BCUT2D eigenvalue weighted by Crippen LogP contribution is 2.08. The van der Waals surface area contributed by atoms with E-state index in [1.54, 1.807) is 6.07 Å². The second-order valence-electron chi connectivity index (χ2n) is 4.76. The van der Waals surface area contributed by atoms with E-state index in [1.807, 2.05) is 30.3 Å². The zero-order valence-electron chi connectivity index (χ0n) is 11.7. The summed E-state index contributed by atoms with van der Waals surface area (Å²) in [5.41, 5.74) is 3.74. The highest BCUT2D eigenvalue weighted by molar-refractivity contribution is 5.79. The van der Waals surface area contributed by atoms with Gasteiger partial charge >= 0.3 is 0 Å². The Morgan fingerprint density at radius 1 is 1.00 bits per heavy atom. The van der Waals surface area contributed by atoms with Crippen molar-refractivity contribution in [2.45, 2.75) is 26.2 Å². The van der Waals surface area contributed by atoms with Crippen molar-refractivity contribution in [2.24, 2.45) is 0 Å². The minimum atomic E-state index is 0.638. The Labute approximate surface area is 120 Å². The lowest BCUT2D eigenvalue weighted by atomic mass is 10.1. The Morgan fingerprint density at radius 3 is 2.45 bits per heavy atom. The second kappa shape index (κ2) is 7.31. The number of hydrogen-bond donors (Lipinski definition) is 0. The molecule has 2 aromatic rings. The van der Waals surface area contributed by atoms with Crippen molar-refractivity contribution in [3.8, 4) is 11.8 Å². The third kappa shape index (κ3) is 3.83. The van der Waals surface area contributed by atoms with E-state index in [0.717, 1.165) is 23.8 Å². The summed E-state index contributed by atoms with van der Waals surface area (Å²) >= 11 is 0. The molecule has 0 amide bonds. The van der Waals surface area contributed by atoms with Gasteiger partial charge in [0, 0.05) is 16.7 Å². The molecule has 1 nitrogen and oxygen atoms in total. The van der Waals surface area contributed by atoms with Gasteiger partial charge in [-0.3, -0.25) is 4.79 Å². The molecule has 100 valence electrons. The van der Waals surface area contributed by atoms with Crippen LogP contribution < -0.4 is 0 Å². The molecule has 2 aromatic carbocycles. The molecular formula is C19H18O. The zero-order valence-corrected chi connectivity index (χ0v) is 11.7. The van der Waals surface area contributed by atoms with Gasteiger partial charge in [-0.15, -0.1) is 0 Å².